The lowest BCUT2D eigenvalue weighted by atomic mass is 9.87. The molecule has 0 atom stereocenters. The van der Waals surface area contributed by atoms with Crippen molar-refractivity contribution in [1.29, 1.82) is 5.26 Å². The van der Waals surface area contributed by atoms with Crippen LogP contribution in [-0.4, -0.2) is 5.91 Å². The van der Waals surface area contributed by atoms with Crippen LogP contribution in [0.2, 0.25) is 10.0 Å². The molecule has 1 saturated carbocycles. The van der Waals surface area contributed by atoms with Crippen LogP contribution < -0.4 is 5.32 Å². The molecule has 3 nitrogen and oxygen atoms in total. The van der Waals surface area contributed by atoms with Gasteiger partial charge < -0.3 is 5.32 Å². The fourth-order valence-electron chi connectivity index (χ4n) is 2.20. The Labute approximate surface area is 116 Å². The molecule has 1 amide bonds. The smallest absolute Gasteiger partial charge is 0.244 e. The number of nitrogens with one attached hydrogen (secondary N) is 1. The predicted molar refractivity (Wildman–Crippen MR) is 71.6 cm³/mol. The second-order valence-electron chi connectivity index (χ2n) is 4.48. The lowest BCUT2D eigenvalue weighted by molar-refractivity contribution is -0.122. The van der Waals surface area contributed by atoms with Gasteiger partial charge in [-0.25, -0.2) is 0 Å². The average molecular weight is 283 g/mol. The number of rotatable bonds is 2. The van der Waals surface area contributed by atoms with Crippen LogP contribution in [0.5, 0.6) is 0 Å². The van der Waals surface area contributed by atoms with Gasteiger partial charge in [0.25, 0.3) is 0 Å². The number of carbonyl (C=O) groups excluding carboxylic acids is 1. The van der Waals surface area contributed by atoms with Crippen LogP contribution in [0.15, 0.2) is 18.2 Å². The molecular formula is C13H12Cl2N2O. The van der Waals surface area contributed by atoms with Crippen LogP contribution in [0.1, 0.15) is 25.7 Å². The molecule has 0 heterocycles. The fourth-order valence-corrected chi connectivity index (χ4v) is 2.54. The number of amides is 1. The molecule has 1 aliphatic rings. The van der Waals surface area contributed by atoms with Crippen molar-refractivity contribution in [2.75, 3.05) is 5.32 Å². The largest absolute Gasteiger partial charge is 0.323 e. The van der Waals surface area contributed by atoms with E-state index in [2.05, 4.69) is 11.4 Å². The lowest BCUT2D eigenvalue weighted by Gasteiger charge is -2.19. The second kappa shape index (κ2) is 5.17. The summed E-state index contributed by atoms with van der Waals surface area (Å²) in [5, 5.41) is 12.8. The second-order valence-corrected chi connectivity index (χ2v) is 5.32. The molecule has 1 aromatic rings. The Hall–Kier alpha value is -1.24. The Morgan fingerprint density at radius 3 is 2.61 bits per heavy atom. The Morgan fingerprint density at radius 2 is 2.00 bits per heavy atom. The van der Waals surface area contributed by atoms with Gasteiger partial charge in [0.15, 0.2) is 0 Å². The van der Waals surface area contributed by atoms with E-state index in [0.29, 0.717) is 28.6 Å². The summed E-state index contributed by atoms with van der Waals surface area (Å²) in [5.74, 6) is -0.285. The van der Waals surface area contributed by atoms with E-state index in [1.165, 1.54) is 0 Å². The minimum absolute atomic E-state index is 0.285. The highest BCUT2D eigenvalue weighted by Gasteiger charge is 2.41. The third-order valence-electron chi connectivity index (χ3n) is 3.28. The molecule has 1 aromatic carbocycles. The number of anilines is 1. The molecule has 0 unspecified atom stereocenters. The number of hydrogen-bond acceptors (Lipinski definition) is 2. The minimum Gasteiger partial charge on any atom is -0.323 e. The van der Waals surface area contributed by atoms with Crippen molar-refractivity contribution >= 4 is 34.8 Å². The maximum atomic E-state index is 12.2. The van der Waals surface area contributed by atoms with E-state index >= 15 is 0 Å². The van der Waals surface area contributed by atoms with Crippen LogP contribution in [0.25, 0.3) is 0 Å². The highest BCUT2D eigenvalue weighted by atomic mass is 35.5. The first kappa shape index (κ1) is 13.2. The first-order valence-corrected chi connectivity index (χ1v) is 6.51. The van der Waals surface area contributed by atoms with Crippen LogP contribution >= 0.6 is 23.2 Å². The van der Waals surface area contributed by atoms with Gasteiger partial charge in [-0.3, -0.25) is 4.79 Å². The summed E-state index contributed by atoms with van der Waals surface area (Å²) in [7, 11) is 0. The molecule has 1 aliphatic carbocycles. The van der Waals surface area contributed by atoms with E-state index in [1.54, 1.807) is 18.2 Å². The molecule has 2 rings (SSSR count). The van der Waals surface area contributed by atoms with Crippen molar-refractivity contribution in [2.45, 2.75) is 25.7 Å². The van der Waals surface area contributed by atoms with Crippen molar-refractivity contribution in [1.82, 2.24) is 0 Å². The summed E-state index contributed by atoms with van der Waals surface area (Å²) in [6.07, 6.45) is 3.02. The molecule has 18 heavy (non-hydrogen) atoms. The Kier molecular flexibility index (Phi) is 3.79. The molecule has 94 valence electrons. The third-order valence-corrected chi connectivity index (χ3v) is 3.85. The molecule has 0 bridgehead atoms. The van der Waals surface area contributed by atoms with Gasteiger partial charge in [-0.15, -0.1) is 0 Å². The van der Waals surface area contributed by atoms with Gasteiger partial charge in [0.2, 0.25) is 5.91 Å². The number of halogens is 2. The summed E-state index contributed by atoms with van der Waals surface area (Å²) < 4.78 is 0. The van der Waals surface area contributed by atoms with Crippen molar-refractivity contribution < 1.29 is 4.79 Å². The van der Waals surface area contributed by atoms with Crippen molar-refractivity contribution in [3.63, 3.8) is 0 Å². The maximum Gasteiger partial charge on any atom is 0.244 e. The lowest BCUT2D eigenvalue weighted by Crippen LogP contribution is -2.32. The third kappa shape index (κ3) is 2.45. The van der Waals surface area contributed by atoms with Gasteiger partial charge in [-0.05, 0) is 31.0 Å². The molecule has 1 N–H and O–H groups in total. The quantitative estimate of drug-likeness (QED) is 0.891. The normalized spacial score (nSPS) is 17.2. The van der Waals surface area contributed by atoms with Crippen LogP contribution in [-0.2, 0) is 4.79 Å². The summed E-state index contributed by atoms with van der Waals surface area (Å²) in [4.78, 5) is 12.2. The number of nitriles is 1. The van der Waals surface area contributed by atoms with Gasteiger partial charge in [0, 0.05) is 5.02 Å². The zero-order valence-corrected chi connectivity index (χ0v) is 11.2. The fraction of sp³-hybridized carbons (Fsp3) is 0.385. The van der Waals surface area contributed by atoms with Crippen LogP contribution in [0.3, 0.4) is 0 Å². The number of benzene rings is 1. The summed E-state index contributed by atoms with van der Waals surface area (Å²) in [5.41, 5.74) is -0.457. The summed E-state index contributed by atoms with van der Waals surface area (Å²) in [6, 6.07) is 6.99. The molecule has 0 saturated heterocycles. The van der Waals surface area contributed by atoms with E-state index in [9.17, 15) is 10.1 Å². The molecule has 1 fully saturated rings. The zero-order valence-electron chi connectivity index (χ0n) is 9.67. The number of carbonyl (C=O) groups is 1. The highest BCUT2D eigenvalue weighted by molar-refractivity contribution is 6.35. The van der Waals surface area contributed by atoms with E-state index in [1.807, 2.05) is 0 Å². The highest BCUT2D eigenvalue weighted by Crippen LogP contribution is 2.39. The van der Waals surface area contributed by atoms with E-state index in [-0.39, 0.29) is 5.91 Å². The van der Waals surface area contributed by atoms with E-state index < -0.39 is 5.41 Å². The van der Waals surface area contributed by atoms with Crippen molar-refractivity contribution in [3.05, 3.63) is 28.2 Å². The maximum absolute atomic E-state index is 12.2. The van der Waals surface area contributed by atoms with Crippen molar-refractivity contribution in [3.8, 4) is 6.07 Å². The van der Waals surface area contributed by atoms with Gasteiger partial charge in [-0.2, -0.15) is 5.26 Å². The summed E-state index contributed by atoms with van der Waals surface area (Å²) >= 11 is 11.8. The molecular weight excluding hydrogens is 271 g/mol. The predicted octanol–water partition coefficient (Wildman–Crippen LogP) is 4.02. The topological polar surface area (TPSA) is 52.9 Å². The Morgan fingerprint density at radius 1 is 1.33 bits per heavy atom. The van der Waals surface area contributed by atoms with E-state index in [0.717, 1.165) is 12.8 Å². The van der Waals surface area contributed by atoms with Crippen molar-refractivity contribution in [2.24, 2.45) is 5.41 Å². The molecule has 0 aromatic heterocycles. The average Bonchev–Trinajstić information content (AvgIpc) is 2.84. The monoisotopic (exact) mass is 282 g/mol. The van der Waals surface area contributed by atoms with Crippen LogP contribution in [0.4, 0.5) is 5.69 Å². The summed E-state index contributed by atoms with van der Waals surface area (Å²) in [6.45, 7) is 0. The SMILES string of the molecule is N#CC1(C(=O)Nc2cc(Cl)ccc2Cl)CCCC1. The molecule has 0 aliphatic heterocycles. The van der Waals surface area contributed by atoms with Gasteiger partial charge in [0.05, 0.1) is 16.8 Å². The minimum atomic E-state index is -0.911. The van der Waals surface area contributed by atoms with Gasteiger partial charge in [0.1, 0.15) is 5.41 Å². The zero-order chi connectivity index (χ0) is 13.2. The Bertz CT molecular complexity index is 516. The van der Waals surface area contributed by atoms with Crippen LogP contribution in [0, 0.1) is 16.7 Å². The first-order chi connectivity index (χ1) is 8.57. The van der Waals surface area contributed by atoms with E-state index in [4.69, 9.17) is 23.2 Å². The number of hydrogen-bond donors (Lipinski definition) is 1. The van der Waals surface area contributed by atoms with Gasteiger partial charge in [-0.1, -0.05) is 36.0 Å². The Balaban J connectivity index is 2.21. The molecule has 0 radical (unpaired) electrons. The molecule has 5 heteroatoms. The number of nitrogens with zero attached hydrogens (tertiary/aromatic N) is 1. The standard InChI is InChI=1S/C13H12Cl2N2O/c14-9-3-4-10(15)11(7-9)17-12(18)13(8-16)5-1-2-6-13/h3-4,7H,1-2,5-6H2,(H,17,18). The molecule has 0 spiro atoms. The first-order valence-electron chi connectivity index (χ1n) is 5.75. The van der Waals surface area contributed by atoms with Gasteiger partial charge >= 0.3 is 0 Å².